The van der Waals surface area contributed by atoms with E-state index in [2.05, 4.69) is 15.5 Å². The molecule has 2 heterocycles. The molecule has 2 amide bonds. The van der Waals surface area contributed by atoms with Crippen molar-refractivity contribution in [3.63, 3.8) is 0 Å². The first kappa shape index (κ1) is 16.5. The molecule has 26 heavy (non-hydrogen) atoms. The molecule has 0 bridgehead atoms. The van der Waals surface area contributed by atoms with Crippen molar-refractivity contribution in [2.45, 2.75) is 0 Å². The van der Waals surface area contributed by atoms with E-state index in [-0.39, 0.29) is 6.03 Å². The van der Waals surface area contributed by atoms with Crippen molar-refractivity contribution < 1.29 is 19.0 Å². The summed E-state index contributed by atoms with van der Waals surface area (Å²) in [6.07, 6.45) is 0. The van der Waals surface area contributed by atoms with Gasteiger partial charge in [-0.25, -0.2) is 4.79 Å². The summed E-state index contributed by atoms with van der Waals surface area (Å²) in [4.78, 5) is 14.7. The normalized spacial score (nSPS) is 16.1. The molecule has 0 aliphatic carbocycles. The van der Waals surface area contributed by atoms with E-state index >= 15 is 0 Å². The third-order valence-electron chi connectivity index (χ3n) is 4.30. The summed E-state index contributed by atoms with van der Waals surface area (Å²) in [6.45, 7) is 4.05. The van der Waals surface area contributed by atoms with Crippen LogP contribution in [0.2, 0.25) is 0 Å². The van der Waals surface area contributed by atoms with Crippen LogP contribution in [0.1, 0.15) is 0 Å². The monoisotopic (exact) mass is 355 g/mol. The lowest BCUT2D eigenvalue weighted by molar-refractivity contribution is 0.123. The molecule has 1 saturated heterocycles. The number of carbonyl (C=O) groups excluding carboxylic acids is 1. The van der Waals surface area contributed by atoms with E-state index in [1.807, 2.05) is 24.3 Å². The number of amides is 2. The predicted octanol–water partition coefficient (Wildman–Crippen LogP) is 2.94. The maximum absolute atomic E-state index is 12.4. The summed E-state index contributed by atoms with van der Waals surface area (Å²) < 4.78 is 16.4. The number of para-hydroxylation sites is 2. The van der Waals surface area contributed by atoms with Crippen LogP contribution in [0.15, 0.2) is 42.5 Å². The van der Waals surface area contributed by atoms with Gasteiger partial charge in [0.1, 0.15) is 13.2 Å². The molecule has 0 saturated carbocycles. The number of hydrogen-bond acceptors (Lipinski definition) is 5. The first-order valence-electron chi connectivity index (χ1n) is 8.69. The van der Waals surface area contributed by atoms with Gasteiger partial charge in [0.25, 0.3) is 0 Å². The fourth-order valence-electron chi connectivity index (χ4n) is 3.07. The van der Waals surface area contributed by atoms with E-state index in [0.717, 1.165) is 24.5 Å². The van der Waals surface area contributed by atoms with Gasteiger partial charge in [0, 0.05) is 24.8 Å². The Morgan fingerprint density at radius 1 is 0.885 bits per heavy atom. The fraction of sp³-hybridized carbons (Fsp3) is 0.316. The summed E-state index contributed by atoms with van der Waals surface area (Å²) in [5.74, 6) is 1.34. The molecule has 0 atom stereocenters. The Kier molecular flexibility index (Phi) is 4.79. The maximum Gasteiger partial charge on any atom is 0.323 e. The van der Waals surface area contributed by atoms with Crippen molar-refractivity contribution in [2.75, 3.05) is 55.1 Å². The molecule has 4 rings (SSSR count). The zero-order valence-electron chi connectivity index (χ0n) is 14.4. The van der Waals surface area contributed by atoms with Crippen LogP contribution in [-0.4, -0.2) is 45.5 Å². The molecule has 136 valence electrons. The van der Waals surface area contributed by atoms with Gasteiger partial charge in [-0.15, -0.1) is 0 Å². The van der Waals surface area contributed by atoms with Crippen LogP contribution >= 0.6 is 0 Å². The molecule has 2 aromatic rings. The lowest BCUT2D eigenvalue weighted by atomic mass is 10.2. The van der Waals surface area contributed by atoms with Crippen LogP contribution in [0.25, 0.3) is 0 Å². The fourth-order valence-corrected chi connectivity index (χ4v) is 3.07. The number of benzene rings is 2. The highest BCUT2D eigenvalue weighted by Crippen LogP contribution is 2.33. The average Bonchev–Trinajstić information content (AvgIpc) is 2.69. The number of hydrogen-bond donors (Lipinski definition) is 2. The van der Waals surface area contributed by atoms with Gasteiger partial charge >= 0.3 is 6.03 Å². The molecule has 0 spiro atoms. The highest BCUT2D eigenvalue weighted by molar-refractivity contribution is 6.02. The van der Waals surface area contributed by atoms with E-state index in [1.54, 1.807) is 18.2 Å². The minimum absolute atomic E-state index is 0.303. The molecule has 0 radical (unpaired) electrons. The van der Waals surface area contributed by atoms with E-state index in [1.165, 1.54) is 0 Å². The largest absolute Gasteiger partial charge is 0.486 e. The van der Waals surface area contributed by atoms with Gasteiger partial charge in [0.15, 0.2) is 11.5 Å². The molecule has 2 aliphatic heterocycles. The second-order valence-corrected chi connectivity index (χ2v) is 6.05. The molecule has 2 N–H and O–H groups in total. The van der Waals surface area contributed by atoms with Crippen LogP contribution in [0.3, 0.4) is 0 Å². The Hall–Kier alpha value is -2.93. The summed E-state index contributed by atoms with van der Waals surface area (Å²) in [6, 6.07) is 12.8. The van der Waals surface area contributed by atoms with Gasteiger partial charge in [0.05, 0.1) is 24.6 Å². The number of ether oxygens (including phenoxy) is 3. The van der Waals surface area contributed by atoms with Gasteiger partial charge in [0.2, 0.25) is 0 Å². The van der Waals surface area contributed by atoms with Crippen molar-refractivity contribution in [2.24, 2.45) is 0 Å². The van der Waals surface area contributed by atoms with Gasteiger partial charge in [-0.05, 0) is 24.3 Å². The van der Waals surface area contributed by atoms with E-state index in [9.17, 15) is 4.79 Å². The van der Waals surface area contributed by atoms with Crippen LogP contribution in [0, 0.1) is 0 Å². The Bertz CT molecular complexity index is 790. The van der Waals surface area contributed by atoms with E-state index in [4.69, 9.17) is 14.2 Å². The highest BCUT2D eigenvalue weighted by atomic mass is 16.6. The van der Waals surface area contributed by atoms with E-state index in [0.29, 0.717) is 43.6 Å². The van der Waals surface area contributed by atoms with Crippen LogP contribution in [0.4, 0.5) is 21.9 Å². The zero-order chi connectivity index (χ0) is 17.8. The Morgan fingerprint density at radius 2 is 1.65 bits per heavy atom. The lowest BCUT2D eigenvalue weighted by Gasteiger charge is -2.30. The number of anilines is 3. The highest BCUT2D eigenvalue weighted by Gasteiger charge is 2.16. The summed E-state index contributed by atoms with van der Waals surface area (Å²) in [5.41, 5.74) is 2.41. The maximum atomic E-state index is 12.4. The first-order valence-corrected chi connectivity index (χ1v) is 8.69. The average molecular weight is 355 g/mol. The third-order valence-corrected chi connectivity index (χ3v) is 4.30. The minimum Gasteiger partial charge on any atom is -0.486 e. The molecule has 2 aromatic carbocycles. The van der Waals surface area contributed by atoms with Crippen molar-refractivity contribution in [1.29, 1.82) is 0 Å². The molecule has 7 nitrogen and oxygen atoms in total. The number of rotatable bonds is 3. The number of nitrogens with zero attached hydrogens (tertiary/aromatic N) is 1. The van der Waals surface area contributed by atoms with Gasteiger partial charge in [-0.3, -0.25) is 0 Å². The van der Waals surface area contributed by atoms with Crippen molar-refractivity contribution in [1.82, 2.24) is 0 Å². The van der Waals surface area contributed by atoms with Crippen LogP contribution in [-0.2, 0) is 4.74 Å². The lowest BCUT2D eigenvalue weighted by Crippen LogP contribution is -2.37. The second-order valence-electron chi connectivity index (χ2n) is 6.05. The van der Waals surface area contributed by atoms with Gasteiger partial charge in [-0.2, -0.15) is 0 Å². The number of carbonyl (C=O) groups is 1. The molecule has 2 aliphatic rings. The van der Waals surface area contributed by atoms with Gasteiger partial charge in [-0.1, -0.05) is 12.1 Å². The summed E-state index contributed by atoms with van der Waals surface area (Å²) in [7, 11) is 0. The molecular formula is C19H21N3O4. The summed E-state index contributed by atoms with van der Waals surface area (Å²) in [5, 5.41) is 5.77. The van der Waals surface area contributed by atoms with Crippen molar-refractivity contribution in [3.05, 3.63) is 42.5 Å². The Morgan fingerprint density at radius 3 is 2.50 bits per heavy atom. The molecule has 0 aromatic heterocycles. The van der Waals surface area contributed by atoms with Gasteiger partial charge < -0.3 is 29.7 Å². The summed E-state index contributed by atoms with van der Waals surface area (Å²) >= 11 is 0. The third kappa shape index (κ3) is 3.67. The Labute approximate surface area is 151 Å². The topological polar surface area (TPSA) is 72.1 Å². The second kappa shape index (κ2) is 7.53. The SMILES string of the molecule is O=C(Nc1ccc2c(c1)OCCO2)Nc1ccccc1N1CCOCC1. The molecule has 1 fully saturated rings. The zero-order valence-corrected chi connectivity index (χ0v) is 14.4. The first-order chi connectivity index (χ1) is 12.8. The van der Waals surface area contributed by atoms with Crippen molar-refractivity contribution in [3.8, 4) is 11.5 Å². The van der Waals surface area contributed by atoms with Crippen molar-refractivity contribution >= 4 is 23.1 Å². The number of morpholine rings is 1. The van der Waals surface area contributed by atoms with E-state index < -0.39 is 0 Å². The predicted molar refractivity (Wildman–Crippen MR) is 99.5 cm³/mol. The van der Waals surface area contributed by atoms with Crippen LogP contribution < -0.4 is 25.0 Å². The number of nitrogens with one attached hydrogen (secondary N) is 2. The molecule has 7 heteroatoms. The van der Waals surface area contributed by atoms with Crippen LogP contribution in [0.5, 0.6) is 11.5 Å². The molecular weight excluding hydrogens is 334 g/mol. The Balaban J connectivity index is 1.45. The number of fused-ring (bicyclic) bond motifs is 1. The minimum atomic E-state index is -0.303. The smallest absolute Gasteiger partial charge is 0.323 e. The quantitative estimate of drug-likeness (QED) is 0.886. The standard InChI is InChI=1S/C19H21N3O4/c23-19(20-14-5-6-17-18(13-14)26-12-11-25-17)21-15-3-1-2-4-16(15)22-7-9-24-10-8-22/h1-6,13H,7-12H2,(H2,20,21,23). The number of urea groups is 1. The molecule has 0 unspecified atom stereocenters.